The van der Waals surface area contributed by atoms with E-state index in [1.54, 1.807) is 26.4 Å². The highest BCUT2D eigenvalue weighted by atomic mass is 35.5. The molecular weight excluding hydrogens is 348 g/mol. The van der Waals surface area contributed by atoms with E-state index in [0.717, 1.165) is 36.8 Å². The van der Waals surface area contributed by atoms with Gasteiger partial charge >= 0.3 is 0 Å². The zero-order valence-corrected chi connectivity index (χ0v) is 16.6. The molecule has 0 aliphatic carbocycles. The van der Waals surface area contributed by atoms with Gasteiger partial charge in [0.15, 0.2) is 5.96 Å². The van der Waals surface area contributed by atoms with Crippen molar-refractivity contribution in [3.05, 3.63) is 58.9 Å². The lowest BCUT2D eigenvalue weighted by molar-refractivity contribution is 0.414. The second kappa shape index (κ2) is 9.43. The Labute approximate surface area is 160 Å². The SMILES string of the molecule is CN=C(NCCc1ccc(Cl)nc1)NCC(C)(C)c1ccc(OC)cc1. The third-order valence-electron chi connectivity index (χ3n) is 4.29. The number of halogens is 1. The molecule has 0 amide bonds. The summed E-state index contributed by atoms with van der Waals surface area (Å²) < 4.78 is 5.23. The molecule has 1 heterocycles. The standard InChI is InChI=1S/C20H27ClN4O/c1-20(2,16-6-8-17(26-4)9-7-16)14-25-19(22-3)23-12-11-15-5-10-18(21)24-13-15/h5-10,13H,11-12,14H2,1-4H3,(H2,22,23,25). The molecule has 26 heavy (non-hydrogen) atoms. The molecule has 0 saturated heterocycles. The second-order valence-electron chi connectivity index (χ2n) is 6.70. The van der Waals surface area contributed by atoms with Gasteiger partial charge in [-0.2, -0.15) is 0 Å². The molecule has 140 valence electrons. The highest BCUT2D eigenvalue weighted by molar-refractivity contribution is 6.29. The van der Waals surface area contributed by atoms with Crippen molar-refractivity contribution < 1.29 is 4.74 Å². The van der Waals surface area contributed by atoms with Crippen LogP contribution in [0, 0.1) is 0 Å². The van der Waals surface area contributed by atoms with Gasteiger partial charge in [0.05, 0.1) is 7.11 Å². The lowest BCUT2D eigenvalue weighted by Gasteiger charge is -2.27. The lowest BCUT2D eigenvalue weighted by atomic mass is 9.84. The van der Waals surface area contributed by atoms with Gasteiger partial charge in [0, 0.05) is 31.7 Å². The van der Waals surface area contributed by atoms with Crippen LogP contribution in [-0.2, 0) is 11.8 Å². The fourth-order valence-electron chi connectivity index (χ4n) is 2.55. The van der Waals surface area contributed by atoms with Crippen molar-refractivity contribution in [2.75, 3.05) is 27.2 Å². The zero-order chi connectivity index (χ0) is 19.0. The summed E-state index contributed by atoms with van der Waals surface area (Å²) in [7, 11) is 3.46. The van der Waals surface area contributed by atoms with Crippen molar-refractivity contribution in [3.8, 4) is 5.75 Å². The van der Waals surface area contributed by atoms with Crippen LogP contribution in [0.3, 0.4) is 0 Å². The Kier molecular flexibility index (Phi) is 7.27. The number of aromatic nitrogens is 1. The first kappa shape index (κ1) is 20.0. The summed E-state index contributed by atoms with van der Waals surface area (Å²) in [4.78, 5) is 8.39. The van der Waals surface area contributed by atoms with Crippen molar-refractivity contribution in [2.45, 2.75) is 25.7 Å². The number of rotatable bonds is 7. The van der Waals surface area contributed by atoms with Gasteiger partial charge in [0.2, 0.25) is 0 Å². The Hall–Kier alpha value is -2.27. The normalized spacial score (nSPS) is 12.0. The molecule has 1 aromatic carbocycles. The first-order valence-corrected chi connectivity index (χ1v) is 9.02. The smallest absolute Gasteiger partial charge is 0.191 e. The largest absolute Gasteiger partial charge is 0.497 e. The van der Waals surface area contributed by atoms with Gasteiger partial charge in [-0.05, 0) is 35.7 Å². The van der Waals surface area contributed by atoms with Crippen LogP contribution in [-0.4, -0.2) is 38.2 Å². The van der Waals surface area contributed by atoms with Crippen LogP contribution in [0.4, 0.5) is 0 Å². The summed E-state index contributed by atoms with van der Waals surface area (Å²) in [6, 6.07) is 12.0. The molecule has 0 unspecified atom stereocenters. The molecule has 0 fully saturated rings. The first-order chi connectivity index (χ1) is 12.4. The number of hydrogen-bond donors (Lipinski definition) is 2. The molecule has 0 aliphatic rings. The van der Waals surface area contributed by atoms with Crippen LogP contribution in [0.5, 0.6) is 5.75 Å². The number of pyridine rings is 1. The van der Waals surface area contributed by atoms with E-state index in [4.69, 9.17) is 16.3 Å². The number of nitrogens with zero attached hydrogens (tertiary/aromatic N) is 2. The molecule has 0 aliphatic heterocycles. The predicted molar refractivity (Wildman–Crippen MR) is 108 cm³/mol. The third kappa shape index (κ3) is 5.92. The minimum absolute atomic E-state index is 0.0377. The van der Waals surface area contributed by atoms with Gasteiger partial charge in [-0.15, -0.1) is 0 Å². The van der Waals surface area contributed by atoms with Crippen molar-refractivity contribution in [1.82, 2.24) is 15.6 Å². The predicted octanol–water partition coefficient (Wildman–Crippen LogP) is 3.43. The molecular formula is C20H27ClN4O. The summed E-state index contributed by atoms with van der Waals surface area (Å²) in [6.07, 6.45) is 2.65. The van der Waals surface area contributed by atoms with E-state index in [1.807, 2.05) is 18.2 Å². The van der Waals surface area contributed by atoms with Gasteiger partial charge in [0.1, 0.15) is 10.9 Å². The summed E-state index contributed by atoms with van der Waals surface area (Å²) in [5.74, 6) is 1.65. The van der Waals surface area contributed by atoms with E-state index in [-0.39, 0.29) is 5.41 Å². The summed E-state index contributed by atoms with van der Waals surface area (Å²) in [5, 5.41) is 7.25. The quantitative estimate of drug-likeness (QED) is 0.443. The molecule has 1 aromatic heterocycles. The summed E-state index contributed by atoms with van der Waals surface area (Å²) in [6.45, 7) is 5.94. The third-order valence-corrected chi connectivity index (χ3v) is 4.51. The Morgan fingerprint density at radius 1 is 1.15 bits per heavy atom. The van der Waals surface area contributed by atoms with Crippen molar-refractivity contribution in [1.29, 1.82) is 0 Å². The topological polar surface area (TPSA) is 58.5 Å². The first-order valence-electron chi connectivity index (χ1n) is 8.64. The fourth-order valence-corrected chi connectivity index (χ4v) is 2.66. The zero-order valence-electron chi connectivity index (χ0n) is 15.8. The number of ether oxygens (including phenoxy) is 1. The Bertz CT molecular complexity index is 712. The molecule has 0 bridgehead atoms. The van der Waals surface area contributed by atoms with Crippen LogP contribution in [0.25, 0.3) is 0 Å². The molecule has 2 aromatic rings. The average molecular weight is 375 g/mol. The maximum absolute atomic E-state index is 5.81. The molecule has 0 spiro atoms. The summed E-state index contributed by atoms with van der Waals surface area (Å²) >= 11 is 5.81. The van der Waals surface area contributed by atoms with Gasteiger partial charge in [-0.1, -0.05) is 43.6 Å². The number of guanidine groups is 1. The monoisotopic (exact) mass is 374 g/mol. The number of benzene rings is 1. The molecule has 0 atom stereocenters. The van der Waals surface area contributed by atoms with Gasteiger partial charge in [0.25, 0.3) is 0 Å². The Balaban J connectivity index is 1.83. The number of methoxy groups -OCH3 is 1. The lowest BCUT2D eigenvalue weighted by Crippen LogP contribution is -2.44. The number of nitrogens with one attached hydrogen (secondary N) is 2. The Morgan fingerprint density at radius 2 is 1.88 bits per heavy atom. The Morgan fingerprint density at radius 3 is 2.46 bits per heavy atom. The van der Waals surface area contributed by atoms with Crippen molar-refractivity contribution in [2.24, 2.45) is 4.99 Å². The van der Waals surface area contributed by atoms with Crippen LogP contribution in [0.15, 0.2) is 47.6 Å². The summed E-state index contributed by atoms with van der Waals surface area (Å²) in [5.41, 5.74) is 2.34. The molecule has 2 rings (SSSR count). The van der Waals surface area contributed by atoms with E-state index in [9.17, 15) is 0 Å². The number of aliphatic imine (C=N–C) groups is 1. The minimum Gasteiger partial charge on any atom is -0.497 e. The van der Waals surface area contributed by atoms with Crippen LogP contribution < -0.4 is 15.4 Å². The van der Waals surface area contributed by atoms with Gasteiger partial charge in [-0.3, -0.25) is 4.99 Å². The van der Waals surface area contributed by atoms with E-state index in [0.29, 0.717) is 5.15 Å². The van der Waals surface area contributed by atoms with Crippen molar-refractivity contribution >= 4 is 17.6 Å². The maximum Gasteiger partial charge on any atom is 0.191 e. The molecule has 5 nitrogen and oxygen atoms in total. The average Bonchev–Trinajstić information content (AvgIpc) is 2.66. The van der Waals surface area contributed by atoms with Crippen LogP contribution in [0.2, 0.25) is 5.15 Å². The van der Waals surface area contributed by atoms with Gasteiger partial charge < -0.3 is 15.4 Å². The van der Waals surface area contributed by atoms with Crippen molar-refractivity contribution in [3.63, 3.8) is 0 Å². The van der Waals surface area contributed by atoms with E-state index in [2.05, 4.69) is 46.6 Å². The molecule has 0 saturated carbocycles. The minimum atomic E-state index is -0.0377. The van der Waals surface area contributed by atoms with Gasteiger partial charge in [-0.25, -0.2) is 4.98 Å². The highest BCUT2D eigenvalue weighted by Gasteiger charge is 2.21. The van der Waals surface area contributed by atoms with E-state index < -0.39 is 0 Å². The van der Waals surface area contributed by atoms with E-state index in [1.165, 1.54) is 5.56 Å². The van der Waals surface area contributed by atoms with E-state index >= 15 is 0 Å². The fraction of sp³-hybridized carbons (Fsp3) is 0.400. The number of hydrogen-bond acceptors (Lipinski definition) is 3. The molecule has 2 N–H and O–H groups in total. The second-order valence-corrected chi connectivity index (χ2v) is 7.09. The maximum atomic E-state index is 5.81. The molecule has 0 radical (unpaired) electrons. The van der Waals surface area contributed by atoms with Crippen LogP contribution >= 0.6 is 11.6 Å². The molecule has 6 heteroatoms. The van der Waals surface area contributed by atoms with Crippen LogP contribution in [0.1, 0.15) is 25.0 Å². The highest BCUT2D eigenvalue weighted by Crippen LogP contribution is 2.24.